The standard InChI is InChI=1S/C21H25ClN2O3S/c1-14-5-8-18(9-6-14)23-20(25)13-28-15(2)21(26)24(3)12-16-11-17(22)7-10-19(16)27-4/h5-11,15H,12-13H2,1-4H3,(H,23,25). The molecule has 0 bridgehead atoms. The molecule has 2 aromatic rings. The maximum atomic E-state index is 12.6. The van der Waals surface area contributed by atoms with Gasteiger partial charge in [-0.25, -0.2) is 0 Å². The van der Waals surface area contributed by atoms with Crippen molar-refractivity contribution in [3.05, 3.63) is 58.6 Å². The van der Waals surface area contributed by atoms with Crippen LogP contribution in [-0.4, -0.2) is 41.9 Å². The summed E-state index contributed by atoms with van der Waals surface area (Å²) in [6.45, 7) is 4.17. The normalized spacial score (nSPS) is 11.6. The Morgan fingerprint density at radius 2 is 1.89 bits per heavy atom. The zero-order valence-electron chi connectivity index (χ0n) is 16.5. The number of halogens is 1. The molecule has 0 spiro atoms. The molecule has 28 heavy (non-hydrogen) atoms. The summed E-state index contributed by atoms with van der Waals surface area (Å²) in [5, 5.41) is 3.08. The van der Waals surface area contributed by atoms with Crippen molar-refractivity contribution in [3.63, 3.8) is 0 Å². The fourth-order valence-electron chi connectivity index (χ4n) is 2.62. The molecule has 150 valence electrons. The van der Waals surface area contributed by atoms with Crippen molar-refractivity contribution >= 4 is 40.9 Å². The van der Waals surface area contributed by atoms with Crippen LogP contribution in [0.3, 0.4) is 0 Å². The zero-order chi connectivity index (χ0) is 20.7. The van der Waals surface area contributed by atoms with E-state index in [-0.39, 0.29) is 22.8 Å². The molecule has 5 nitrogen and oxygen atoms in total. The van der Waals surface area contributed by atoms with Gasteiger partial charge in [-0.3, -0.25) is 9.59 Å². The fourth-order valence-corrected chi connectivity index (χ4v) is 3.61. The highest BCUT2D eigenvalue weighted by Gasteiger charge is 2.20. The molecule has 2 aromatic carbocycles. The molecule has 7 heteroatoms. The molecule has 0 saturated carbocycles. The Balaban J connectivity index is 1.86. The lowest BCUT2D eigenvalue weighted by Gasteiger charge is -2.22. The number of methoxy groups -OCH3 is 1. The number of thioether (sulfide) groups is 1. The van der Waals surface area contributed by atoms with Crippen LogP contribution in [0.25, 0.3) is 0 Å². The Bertz CT molecular complexity index is 827. The van der Waals surface area contributed by atoms with Gasteiger partial charge in [0.1, 0.15) is 5.75 Å². The molecule has 2 amide bonds. The van der Waals surface area contributed by atoms with Gasteiger partial charge in [0.05, 0.1) is 18.1 Å². The van der Waals surface area contributed by atoms with E-state index in [2.05, 4.69) is 5.32 Å². The second kappa shape index (κ2) is 10.4. The summed E-state index contributed by atoms with van der Waals surface area (Å²) in [5.74, 6) is 0.694. The largest absolute Gasteiger partial charge is 0.496 e. The van der Waals surface area contributed by atoms with Gasteiger partial charge in [0.15, 0.2) is 0 Å². The highest BCUT2D eigenvalue weighted by Crippen LogP contribution is 2.24. The minimum Gasteiger partial charge on any atom is -0.496 e. The first-order chi connectivity index (χ1) is 13.3. The number of anilines is 1. The number of aryl methyl sites for hydroxylation is 1. The zero-order valence-corrected chi connectivity index (χ0v) is 18.1. The van der Waals surface area contributed by atoms with Crippen LogP contribution in [0.1, 0.15) is 18.1 Å². The van der Waals surface area contributed by atoms with Gasteiger partial charge in [0.25, 0.3) is 0 Å². The van der Waals surface area contributed by atoms with E-state index in [9.17, 15) is 9.59 Å². The fraction of sp³-hybridized carbons (Fsp3) is 0.333. The summed E-state index contributed by atoms with van der Waals surface area (Å²) in [4.78, 5) is 26.4. The van der Waals surface area contributed by atoms with Crippen LogP contribution in [0.2, 0.25) is 5.02 Å². The van der Waals surface area contributed by atoms with E-state index >= 15 is 0 Å². The van der Waals surface area contributed by atoms with Crippen molar-refractivity contribution in [1.29, 1.82) is 0 Å². The smallest absolute Gasteiger partial charge is 0.235 e. The molecule has 0 fully saturated rings. The summed E-state index contributed by atoms with van der Waals surface area (Å²) >= 11 is 7.36. The number of benzene rings is 2. The van der Waals surface area contributed by atoms with Gasteiger partial charge < -0.3 is 15.0 Å². The van der Waals surface area contributed by atoms with Crippen molar-refractivity contribution in [2.24, 2.45) is 0 Å². The molecular weight excluding hydrogens is 396 g/mol. The minimum absolute atomic E-state index is 0.0600. The molecular formula is C21H25ClN2O3S. The molecule has 1 N–H and O–H groups in total. The predicted octanol–water partition coefficient (Wildman–Crippen LogP) is 4.38. The number of nitrogens with one attached hydrogen (secondary N) is 1. The van der Waals surface area contributed by atoms with E-state index in [1.807, 2.05) is 31.2 Å². The van der Waals surface area contributed by atoms with Crippen LogP contribution >= 0.6 is 23.4 Å². The Morgan fingerprint density at radius 3 is 2.54 bits per heavy atom. The topological polar surface area (TPSA) is 58.6 Å². The molecule has 0 aliphatic carbocycles. The summed E-state index contributed by atoms with van der Waals surface area (Å²) in [7, 11) is 3.31. The summed E-state index contributed by atoms with van der Waals surface area (Å²) < 4.78 is 5.33. The Morgan fingerprint density at radius 1 is 1.21 bits per heavy atom. The van der Waals surface area contributed by atoms with E-state index in [4.69, 9.17) is 16.3 Å². The van der Waals surface area contributed by atoms with Gasteiger partial charge in [-0.15, -0.1) is 11.8 Å². The van der Waals surface area contributed by atoms with Crippen molar-refractivity contribution in [3.8, 4) is 5.75 Å². The average molecular weight is 421 g/mol. The summed E-state index contributed by atoms with van der Waals surface area (Å²) in [6, 6.07) is 12.9. The number of rotatable bonds is 8. The van der Waals surface area contributed by atoms with Gasteiger partial charge in [-0.1, -0.05) is 29.3 Å². The molecule has 1 atom stereocenters. The van der Waals surface area contributed by atoms with E-state index in [1.165, 1.54) is 11.8 Å². The first-order valence-corrected chi connectivity index (χ1v) is 10.3. The monoisotopic (exact) mass is 420 g/mol. The molecule has 0 radical (unpaired) electrons. The Hall–Kier alpha value is -2.18. The number of amides is 2. The number of hydrogen-bond acceptors (Lipinski definition) is 4. The number of hydrogen-bond donors (Lipinski definition) is 1. The van der Waals surface area contributed by atoms with Crippen LogP contribution in [0, 0.1) is 6.92 Å². The molecule has 0 saturated heterocycles. The third-order valence-electron chi connectivity index (χ3n) is 4.17. The number of ether oxygens (including phenoxy) is 1. The highest BCUT2D eigenvalue weighted by atomic mass is 35.5. The van der Waals surface area contributed by atoms with Crippen molar-refractivity contribution in [2.45, 2.75) is 25.6 Å². The third kappa shape index (κ3) is 6.46. The van der Waals surface area contributed by atoms with Crippen LogP contribution in [0.4, 0.5) is 5.69 Å². The molecule has 2 rings (SSSR count). The lowest BCUT2D eigenvalue weighted by Crippen LogP contribution is -2.33. The number of nitrogens with zero attached hydrogens (tertiary/aromatic N) is 1. The molecule has 0 aliphatic rings. The minimum atomic E-state index is -0.348. The van der Waals surface area contributed by atoms with Crippen LogP contribution in [-0.2, 0) is 16.1 Å². The van der Waals surface area contributed by atoms with Gasteiger partial charge in [-0.2, -0.15) is 0 Å². The maximum absolute atomic E-state index is 12.6. The second-order valence-electron chi connectivity index (χ2n) is 6.52. The first kappa shape index (κ1) is 22.1. The van der Waals surface area contributed by atoms with Gasteiger partial charge >= 0.3 is 0 Å². The average Bonchev–Trinajstić information content (AvgIpc) is 2.67. The van der Waals surface area contributed by atoms with Crippen LogP contribution in [0.5, 0.6) is 5.75 Å². The van der Waals surface area contributed by atoms with E-state index in [1.54, 1.807) is 44.2 Å². The molecule has 0 aromatic heterocycles. The molecule has 0 heterocycles. The van der Waals surface area contributed by atoms with Gasteiger partial charge in [0.2, 0.25) is 11.8 Å². The summed E-state index contributed by atoms with van der Waals surface area (Å²) in [6.07, 6.45) is 0. The highest BCUT2D eigenvalue weighted by molar-refractivity contribution is 8.01. The van der Waals surface area contributed by atoms with Gasteiger partial charge in [-0.05, 0) is 44.2 Å². The molecule has 1 unspecified atom stereocenters. The van der Waals surface area contributed by atoms with Gasteiger partial charge in [0, 0.05) is 29.9 Å². The lowest BCUT2D eigenvalue weighted by atomic mass is 10.2. The van der Waals surface area contributed by atoms with E-state index < -0.39 is 0 Å². The lowest BCUT2D eigenvalue weighted by molar-refractivity contribution is -0.129. The van der Waals surface area contributed by atoms with Crippen molar-refractivity contribution in [2.75, 3.05) is 25.2 Å². The molecule has 0 aliphatic heterocycles. The van der Waals surface area contributed by atoms with Crippen molar-refractivity contribution in [1.82, 2.24) is 4.90 Å². The Kier molecular flexibility index (Phi) is 8.20. The Labute approximate surface area is 175 Å². The first-order valence-electron chi connectivity index (χ1n) is 8.85. The quantitative estimate of drug-likeness (QED) is 0.688. The predicted molar refractivity (Wildman–Crippen MR) is 116 cm³/mol. The number of carbonyl (C=O) groups is 2. The van der Waals surface area contributed by atoms with E-state index in [0.29, 0.717) is 17.3 Å². The van der Waals surface area contributed by atoms with Crippen LogP contribution < -0.4 is 10.1 Å². The van der Waals surface area contributed by atoms with E-state index in [0.717, 1.165) is 16.8 Å². The summed E-state index contributed by atoms with van der Waals surface area (Å²) in [5.41, 5.74) is 2.71. The maximum Gasteiger partial charge on any atom is 0.235 e. The third-order valence-corrected chi connectivity index (χ3v) is 5.54. The second-order valence-corrected chi connectivity index (χ2v) is 8.28. The number of carbonyl (C=O) groups excluding carboxylic acids is 2. The van der Waals surface area contributed by atoms with Crippen molar-refractivity contribution < 1.29 is 14.3 Å². The SMILES string of the molecule is COc1ccc(Cl)cc1CN(C)C(=O)C(C)SCC(=O)Nc1ccc(C)cc1. The van der Waals surface area contributed by atoms with Crippen LogP contribution in [0.15, 0.2) is 42.5 Å².